The Morgan fingerprint density at radius 1 is 0.953 bits per heavy atom. The van der Waals surface area contributed by atoms with Crippen molar-refractivity contribution >= 4 is 22.6 Å². The van der Waals surface area contributed by atoms with Gasteiger partial charge in [-0.1, -0.05) is 84.9 Å². The molecule has 214 valence electrons. The average molecular weight is 580 g/mol. The van der Waals surface area contributed by atoms with Crippen LogP contribution in [0.25, 0.3) is 21.9 Å². The normalized spacial score (nSPS) is 14.5. The van der Waals surface area contributed by atoms with Crippen molar-refractivity contribution in [2.24, 2.45) is 0 Å². The van der Waals surface area contributed by atoms with Gasteiger partial charge in [0.2, 0.25) is 0 Å². The van der Waals surface area contributed by atoms with E-state index in [9.17, 15) is 33.1 Å². The van der Waals surface area contributed by atoms with E-state index in [-0.39, 0.29) is 47.6 Å². The van der Waals surface area contributed by atoms with Gasteiger partial charge in [0.1, 0.15) is 17.5 Å². The fourth-order valence-corrected chi connectivity index (χ4v) is 5.92. The molecule has 0 radical (unpaired) electrons. The Morgan fingerprint density at radius 3 is 2.37 bits per heavy atom. The zero-order valence-electron chi connectivity index (χ0n) is 22.7. The van der Waals surface area contributed by atoms with Crippen LogP contribution in [0.4, 0.5) is 19.0 Å². The van der Waals surface area contributed by atoms with Gasteiger partial charge in [0.25, 0.3) is 5.56 Å². The van der Waals surface area contributed by atoms with E-state index < -0.39 is 29.3 Å². The van der Waals surface area contributed by atoms with Crippen LogP contribution < -0.4 is 10.5 Å². The second-order valence-corrected chi connectivity index (χ2v) is 10.5. The standard InChI is InChI=1S/C34H24F3N3O3/c35-34(36,37)25-14-7-13-24(16-25)30-27(17-23-12-6-11-22-10-4-5-15-26(22)23)28(18-38)32(41)40-29(33(42)43)20-39(31(30)40)19-21-8-2-1-3-9-21/h1-16,29H,17,19-20H2,(H,42,43). The van der Waals surface area contributed by atoms with Gasteiger partial charge in [0.05, 0.1) is 12.1 Å². The van der Waals surface area contributed by atoms with Crippen molar-refractivity contribution in [2.75, 3.05) is 11.4 Å². The first-order chi connectivity index (χ1) is 20.7. The molecular formula is C34H24F3N3O3. The Kier molecular flexibility index (Phi) is 6.98. The molecule has 5 aromatic rings. The van der Waals surface area contributed by atoms with Crippen LogP contribution in [0, 0.1) is 11.3 Å². The number of hydrogen-bond donors (Lipinski definition) is 1. The lowest BCUT2D eigenvalue weighted by atomic mass is 9.89. The Bertz CT molecular complexity index is 1970. The lowest BCUT2D eigenvalue weighted by molar-refractivity contribution is -0.140. The van der Waals surface area contributed by atoms with Crippen LogP contribution in [0.2, 0.25) is 0 Å². The molecule has 0 fully saturated rings. The first kappa shape index (κ1) is 27.8. The maximum Gasteiger partial charge on any atom is 0.416 e. The zero-order chi connectivity index (χ0) is 30.3. The summed E-state index contributed by atoms with van der Waals surface area (Å²) < 4.78 is 42.8. The second-order valence-electron chi connectivity index (χ2n) is 10.5. The van der Waals surface area contributed by atoms with Gasteiger partial charge in [-0.3, -0.25) is 9.36 Å². The van der Waals surface area contributed by atoms with Crippen LogP contribution in [-0.2, 0) is 23.9 Å². The molecule has 6 nitrogen and oxygen atoms in total. The van der Waals surface area contributed by atoms with Crippen molar-refractivity contribution in [3.8, 4) is 17.2 Å². The van der Waals surface area contributed by atoms with Crippen molar-refractivity contribution < 1.29 is 23.1 Å². The number of halogens is 3. The lowest BCUT2D eigenvalue weighted by Gasteiger charge is -2.25. The van der Waals surface area contributed by atoms with Crippen molar-refractivity contribution in [1.29, 1.82) is 5.26 Å². The van der Waals surface area contributed by atoms with Crippen molar-refractivity contribution in [1.82, 2.24) is 4.57 Å². The third-order valence-electron chi connectivity index (χ3n) is 7.83. The number of aromatic nitrogens is 1. The minimum Gasteiger partial charge on any atom is -0.480 e. The highest BCUT2D eigenvalue weighted by molar-refractivity contribution is 5.89. The predicted molar refractivity (Wildman–Crippen MR) is 157 cm³/mol. The summed E-state index contributed by atoms with van der Waals surface area (Å²) in [5, 5.41) is 22.2. The molecule has 43 heavy (non-hydrogen) atoms. The van der Waals surface area contributed by atoms with Crippen molar-refractivity contribution in [3.63, 3.8) is 0 Å². The number of rotatable bonds is 6. The molecule has 6 rings (SSSR count). The van der Waals surface area contributed by atoms with Gasteiger partial charge in [0.15, 0.2) is 6.04 Å². The summed E-state index contributed by atoms with van der Waals surface area (Å²) in [6.07, 6.45) is -4.58. The fraction of sp³-hybridized carbons (Fsp3) is 0.147. The highest BCUT2D eigenvalue weighted by Gasteiger charge is 2.40. The van der Waals surface area contributed by atoms with Gasteiger partial charge >= 0.3 is 12.1 Å². The third kappa shape index (κ3) is 5.01. The SMILES string of the molecule is N#Cc1c(Cc2cccc3ccccc23)c(-c2cccc(C(F)(F)F)c2)c2n(c1=O)C(C(=O)O)CN2Cc1ccccc1. The summed E-state index contributed by atoms with van der Waals surface area (Å²) in [4.78, 5) is 28.1. The summed E-state index contributed by atoms with van der Waals surface area (Å²) in [7, 11) is 0. The summed E-state index contributed by atoms with van der Waals surface area (Å²) in [5.74, 6) is -1.10. The number of nitriles is 1. The summed E-state index contributed by atoms with van der Waals surface area (Å²) in [6.45, 7) is 0.101. The van der Waals surface area contributed by atoms with Crippen molar-refractivity contribution in [2.45, 2.75) is 25.2 Å². The molecule has 1 aromatic heterocycles. The number of fused-ring (bicyclic) bond motifs is 2. The molecule has 4 aromatic carbocycles. The fourth-order valence-electron chi connectivity index (χ4n) is 5.92. The molecule has 0 bridgehead atoms. The number of pyridine rings is 1. The molecule has 0 aliphatic carbocycles. The third-order valence-corrected chi connectivity index (χ3v) is 7.83. The number of nitrogens with zero attached hydrogens (tertiary/aromatic N) is 3. The molecular weight excluding hydrogens is 555 g/mol. The van der Waals surface area contributed by atoms with E-state index in [1.807, 2.05) is 78.9 Å². The van der Waals surface area contributed by atoms with E-state index in [4.69, 9.17) is 0 Å². The summed E-state index contributed by atoms with van der Waals surface area (Å²) >= 11 is 0. The van der Waals surface area contributed by atoms with Gasteiger partial charge in [0, 0.05) is 18.5 Å². The minimum absolute atomic E-state index is 0.0653. The van der Waals surface area contributed by atoms with E-state index in [1.54, 1.807) is 4.90 Å². The van der Waals surface area contributed by atoms with Crippen molar-refractivity contribution in [3.05, 3.63) is 135 Å². The molecule has 1 aliphatic heterocycles. The Morgan fingerprint density at radius 2 is 1.65 bits per heavy atom. The van der Waals surface area contributed by atoms with Crippen LogP contribution in [0.1, 0.15) is 33.9 Å². The quantitative estimate of drug-likeness (QED) is 0.239. The molecule has 1 N–H and O–H groups in total. The van der Waals surface area contributed by atoms with Crippen LogP contribution in [-0.4, -0.2) is 22.2 Å². The van der Waals surface area contributed by atoms with Gasteiger partial charge in [-0.15, -0.1) is 0 Å². The minimum atomic E-state index is -4.65. The molecule has 0 saturated carbocycles. The van der Waals surface area contributed by atoms with Gasteiger partial charge in [-0.2, -0.15) is 18.4 Å². The van der Waals surface area contributed by atoms with Crippen LogP contribution >= 0.6 is 0 Å². The lowest BCUT2D eigenvalue weighted by Crippen LogP contribution is -2.30. The number of alkyl halides is 3. The molecule has 1 atom stereocenters. The van der Waals surface area contributed by atoms with Gasteiger partial charge in [-0.05, 0) is 45.2 Å². The maximum atomic E-state index is 14.0. The Hall–Kier alpha value is -5.36. The second kappa shape index (κ2) is 10.8. The molecule has 2 heterocycles. The van der Waals surface area contributed by atoms with E-state index in [0.29, 0.717) is 0 Å². The number of hydrogen-bond acceptors (Lipinski definition) is 4. The largest absolute Gasteiger partial charge is 0.480 e. The van der Waals surface area contributed by atoms with Crippen LogP contribution in [0.15, 0.2) is 102 Å². The highest BCUT2D eigenvalue weighted by Crippen LogP contribution is 2.43. The first-order valence-corrected chi connectivity index (χ1v) is 13.5. The molecule has 0 spiro atoms. The molecule has 0 saturated heterocycles. The predicted octanol–water partition coefficient (Wildman–Crippen LogP) is 6.80. The molecule has 1 aliphatic rings. The smallest absolute Gasteiger partial charge is 0.416 e. The number of carbonyl (C=O) groups is 1. The summed E-state index contributed by atoms with van der Waals surface area (Å²) in [6, 6.07) is 27.7. The number of anilines is 1. The van der Waals surface area contributed by atoms with E-state index >= 15 is 0 Å². The monoisotopic (exact) mass is 579 g/mol. The van der Waals surface area contributed by atoms with E-state index in [2.05, 4.69) is 0 Å². The van der Waals surface area contributed by atoms with E-state index in [0.717, 1.165) is 38.6 Å². The van der Waals surface area contributed by atoms with E-state index in [1.165, 1.54) is 12.1 Å². The van der Waals surface area contributed by atoms with Crippen LogP contribution in [0.5, 0.6) is 0 Å². The number of carboxylic acids is 1. The Labute approximate surface area is 244 Å². The number of benzene rings is 4. The average Bonchev–Trinajstić information content (AvgIpc) is 3.37. The maximum absolute atomic E-state index is 14.0. The molecule has 1 unspecified atom stereocenters. The van der Waals surface area contributed by atoms with Crippen LogP contribution in [0.3, 0.4) is 0 Å². The Balaban J connectivity index is 1.69. The summed E-state index contributed by atoms with van der Waals surface area (Å²) in [5.41, 5.74) is 0.232. The topological polar surface area (TPSA) is 86.3 Å². The van der Waals surface area contributed by atoms with Gasteiger partial charge in [-0.25, -0.2) is 4.79 Å². The molecule has 9 heteroatoms. The number of aliphatic carboxylic acids is 1. The van der Waals surface area contributed by atoms with Gasteiger partial charge < -0.3 is 10.0 Å². The number of carboxylic acid groups (broad SMARTS) is 1. The zero-order valence-corrected chi connectivity index (χ0v) is 22.7. The molecule has 0 amide bonds. The highest BCUT2D eigenvalue weighted by atomic mass is 19.4. The first-order valence-electron chi connectivity index (χ1n) is 13.5.